The Morgan fingerprint density at radius 3 is 2.42 bits per heavy atom. The third kappa shape index (κ3) is 1.19. The molecule has 3 unspecified atom stereocenters. The molecular weight excluding hydrogens is 146 g/mol. The maximum Gasteiger partial charge on any atom is 0.000970 e. The second-order valence-corrected chi connectivity index (χ2v) is 4.94. The summed E-state index contributed by atoms with van der Waals surface area (Å²) in [7, 11) is 2.27. The lowest BCUT2D eigenvalue weighted by atomic mass is 9.57. The molecule has 0 aromatic carbocycles. The van der Waals surface area contributed by atoms with Gasteiger partial charge in [0.1, 0.15) is 0 Å². The Labute approximate surface area is 76.1 Å². The van der Waals surface area contributed by atoms with Gasteiger partial charge in [0.25, 0.3) is 0 Å². The zero-order chi connectivity index (χ0) is 8.72. The van der Waals surface area contributed by atoms with E-state index in [9.17, 15) is 0 Å². The Hall–Kier alpha value is -0.0400. The first kappa shape index (κ1) is 8.55. The van der Waals surface area contributed by atoms with Crippen molar-refractivity contribution in [3.8, 4) is 0 Å². The molecule has 2 aliphatic heterocycles. The van der Waals surface area contributed by atoms with Crippen molar-refractivity contribution in [3.05, 3.63) is 0 Å². The first-order valence-electron chi connectivity index (χ1n) is 5.41. The minimum atomic E-state index is 0.974. The van der Waals surface area contributed by atoms with E-state index >= 15 is 0 Å². The molecule has 1 aliphatic carbocycles. The fraction of sp³-hybridized carbons (Fsp3) is 1.00. The molecule has 0 aromatic heterocycles. The van der Waals surface area contributed by atoms with Gasteiger partial charge in [-0.3, -0.25) is 0 Å². The molecule has 3 fully saturated rings. The van der Waals surface area contributed by atoms with Crippen LogP contribution in [-0.4, -0.2) is 25.0 Å². The highest BCUT2D eigenvalue weighted by Crippen LogP contribution is 2.49. The van der Waals surface area contributed by atoms with E-state index in [1.165, 1.54) is 25.9 Å². The second-order valence-electron chi connectivity index (χ2n) is 4.94. The summed E-state index contributed by atoms with van der Waals surface area (Å²) in [6.07, 6.45) is 2.90. The minimum Gasteiger partial charge on any atom is -0.306 e. The topological polar surface area (TPSA) is 3.24 Å². The summed E-state index contributed by atoms with van der Waals surface area (Å²) < 4.78 is 0. The smallest absolute Gasteiger partial charge is 0.000970 e. The normalized spacial score (nSPS) is 43.8. The van der Waals surface area contributed by atoms with Crippen molar-refractivity contribution in [2.45, 2.75) is 26.7 Å². The molecule has 0 spiro atoms. The molecule has 0 radical (unpaired) electrons. The van der Waals surface area contributed by atoms with Gasteiger partial charge in [0.15, 0.2) is 0 Å². The maximum atomic E-state index is 2.51. The minimum absolute atomic E-state index is 0.974. The van der Waals surface area contributed by atoms with Gasteiger partial charge in [-0.05, 0) is 37.1 Å². The zero-order valence-corrected chi connectivity index (χ0v) is 8.59. The Bertz CT molecular complexity index is 154. The highest BCUT2D eigenvalue weighted by molar-refractivity contribution is 4.97. The van der Waals surface area contributed by atoms with E-state index in [-0.39, 0.29) is 0 Å². The molecule has 0 amide bonds. The van der Waals surface area contributed by atoms with Crippen LogP contribution in [0.15, 0.2) is 0 Å². The summed E-state index contributed by atoms with van der Waals surface area (Å²) in [6.45, 7) is 7.51. The average molecular weight is 167 g/mol. The maximum absolute atomic E-state index is 2.51. The van der Waals surface area contributed by atoms with Crippen molar-refractivity contribution >= 4 is 0 Å². The summed E-state index contributed by atoms with van der Waals surface area (Å²) >= 11 is 0. The van der Waals surface area contributed by atoms with Crippen LogP contribution in [0, 0.1) is 23.7 Å². The van der Waals surface area contributed by atoms with Gasteiger partial charge in [-0.1, -0.05) is 20.3 Å². The quantitative estimate of drug-likeness (QED) is 0.609. The van der Waals surface area contributed by atoms with E-state index in [1.807, 2.05) is 0 Å². The summed E-state index contributed by atoms with van der Waals surface area (Å²) in [5.74, 6) is 4.14. The summed E-state index contributed by atoms with van der Waals surface area (Å²) in [5, 5.41) is 0. The number of hydrogen-bond donors (Lipinski definition) is 0. The Balaban J connectivity index is 1.95. The van der Waals surface area contributed by atoms with Crippen molar-refractivity contribution in [1.29, 1.82) is 0 Å². The zero-order valence-electron chi connectivity index (χ0n) is 8.59. The largest absolute Gasteiger partial charge is 0.306 e. The molecule has 3 aliphatic rings. The predicted octanol–water partition coefficient (Wildman–Crippen LogP) is 2.23. The molecule has 70 valence electrons. The van der Waals surface area contributed by atoms with Gasteiger partial charge in [0, 0.05) is 13.1 Å². The van der Waals surface area contributed by atoms with Crippen molar-refractivity contribution in [2.24, 2.45) is 23.7 Å². The second kappa shape index (κ2) is 3.02. The lowest BCUT2D eigenvalue weighted by Crippen LogP contribution is -2.55. The molecule has 2 heterocycles. The summed E-state index contributed by atoms with van der Waals surface area (Å²) in [5.41, 5.74) is 0. The first-order chi connectivity index (χ1) is 5.72. The van der Waals surface area contributed by atoms with Crippen LogP contribution in [0.1, 0.15) is 26.7 Å². The van der Waals surface area contributed by atoms with E-state index in [0.29, 0.717) is 0 Å². The molecular formula is C11H21N. The highest BCUT2D eigenvalue weighted by atomic mass is 15.1. The molecule has 2 bridgehead atoms. The summed E-state index contributed by atoms with van der Waals surface area (Å²) in [6, 6.07) is 0. The average Bonchev–Trinajstić information content (AvgIpc) is 2.03. The SMILES string of the molecule is CCC(C)C1C2CC1CN(C)C2. The van der Waals surface area contributed by atoms with Gasteiger partial charge in [-0.25, -0.2) is 0 Å². The number of nitrogens with zero attached hydrogens (tertiary/aromatic N) is 1. The van der Waals surface area contributed by atoms with E-state index < -0.39 is 0 Å². The monoisotopic (exact) mass is 167 g/mol. The van der Waals surface area contributed by atoms with Crippen LogP contribution in [0.4, 0.5) is 0 Å². The predicted molar refractivity (Wildman–Crippen MR) is 52.0 cm³/mol. The molecule has 0 aromatic rings. The number of rotatable bonds is 2. The van der Waals surface area contributed by atoms with Gasteiger partial charge in [0.2, 0.25) is 0 Å². The van der Waals surface area contributed by atoms with Crippen LogP contribution in [0.25, 0.3) is 0 Å². The molecule has 1 saturated carbocycles. The van der Waals surface area contributed by atoms with Crippen molar-refractivity contribution in [1.82, 2.24) is 4.90 Å². The van der Waals surface area contributed by atoms with Crippen LogP contribution < -0.4 is 0 Å². The van der Waals surface area contributed by atoms with E-state index in [2.05, 4.69) is 25.8 Å². The molecule has 12 heavy (non-hydrogen) atoms. The fourth-order valence-electron chi connectivity index (χ4n) is 3.36. The third-order valence-corrected chi connectivity index (χ3v) is 4.09. The first-order valence-corrected chi connectivity index (χ1v) is 5.41. The van der Waals surface area contributed by atoms with Crippen LogP contribution in [0.5, 0.6) is 0 Å². The van der Waals surface area contributed by atoms with Gasteiger partial charge < -0.3 is 4.90 Å². The van der Waals surface area contributed by atoms with Gasteiger partial charge >= 0.3 is 0 Å². The molecule has 1 heteroatoms. The number of hydrogen-bond acceptors (Lipinski definition) is 1. The summed E-state index contributed by atoms with van der Waals surface area (Å²) in [4.78, 5) is 2.51. The van der Waals surface area contributed by atoms with Crippen LogP contribution >= 0.6 is 0 Å². The molecule has 0 N–H and O–H groups in total. The molecule has 1 nitrogen and oxygen atoms in total. The Morgan fingerprint density at radius 1 is 1.33 bits per heavy atom. The Kier molecular flexibility index (Phi) is 2.16. The van der Waals surface area contributed by atoms with Crippen molar-refractivity contribution in [2.75, 3.05) is 20.1 Å². The fourth-order valence-corrected chi connectivity index (χ4v) is 3.36. The highest BCUT2D eigenvalue weighted by Gasteiger charge is 2.47. The number of fused-ring (bicyclic) bond motifs is 2. The van der Waals surface area contributed by atoms with Gasteiger partial charge in [0.05, 0.1) is 0 Å². The molecule has 2 saturated heterocycles. The van der Waals surface area contributed by atoms with E-state index in [1.54, 1.807) is 0 Å². The Morgan fingerprint density at radius 2 is 1.92 bits per heavy atom. The third-order valence-electron chi connectivity index (χ3n) is 4.09. The van der Waals surface area contributed by atoms with Crippen LogP contribution in [0.3, 0.4) is 0 Å². The van der Waals surface area contributed by atoms with Gasteiger partial charge in [-0.2, -0.15) is 0 Å². The van der Waals surface area contributed by atoms with Crippen molar-refractivity contribution in [3.63, 3.8) is 0 Å². The van der Waals surface area contributed by atoms with Crippen LogP contribution in [-0.2, 0) is 0 Å². The molecule has 3 atom stereocenters. The van der Waals surface area contributed by atoms with Crippen molar-refractivity contribution < 1.29 is 0 Å². The number of piperidine rings is 2. The van der Waals surface area contributed by atoms with E-state index in [0.717, 1.165) is 23.7 Å². The van der Waals surface area contributed by atoms with Crippen LogP contribution in [0.2, 0.25) is 0 Å². The lowest BCUT2D eigenvalue weighted by molar-refractivity contribution is -0.0611. The lowest BCUT2D eigenvalue weighted by Gasteiger charge is -2.55. The molecule has 3 rings (SSSR count). The van der Waals surface area contributed by atoms with Gasteiger partial charge in [-0.15, -0.1) is 0 Å². The standard InChI is InChI=1S/C11H21N/c1-4-8(2)11-9-5-10(11)7-12(3)6-9/h8-11H,4-7H2,1-3H3. The van der Waals surface area contributed by atoms with E-state index in [4.69, 9.17) is 0 Å².